The summed E-state index contributed by atoms with van der Waals surface area (Å²) in [4.78, 5) is 20.8. The number of carbonyl (C=O) groups excluding carboxylic acids is 1. The van der Waals surface area contributed by atoms with Crippen LogP contribution in [-0.2, 0) is 6.54 Å². The number of rotatable bonds is 5. The van der Waals surface area contributed by atoms with Gasteiger partial charge in [0.05, 0.1) is 0 Å². The number of thiophene rings is 1. The molecule has 0 radical (unpaired) electrons. The van der Waals surface area contributed by atoms with Gasteiger partial charge in [0.25, 0.3) is 5.91 Å². The van der Waals surface area contributed by atoms with Crippen LogP contribution >= 0.6 is 22.7 Å². The van der Waals surface area contributed by atoms with Crippen molar-refractivity contribution in [2.45, 2.75) is 13.5 Å². The fraction of sp³-hybridized carbons (Fsp3) is 0.385. The molecule has 2 aromatic rings. The lowest BCUT2D eigenvalue weighted by Gasteiger charge is -2.15. The van der Waals surface area contributed by atoms with Crippen LogP contribution in [0.3, 0.4) is 0 Å². The van der Waals surface area contributed by atoms with E-state index in [1.807, 2.05) is 35.7 Å². The Bertz CT molecular complexity index is 579. The second-order valence-corrected chi connectivity index (χ2v) is 6.28. The van der Waals surface area contributed by atoms with E-state index in [0.29, 0.717) is 17.2 Å². The topological polar surface area (TPSA) is 62.5 Å². The zero-order chi connectivity index (χ0) is 14.7. The summed E-state index contributed by atoms with van der Waals surface area (Å²) in [5, 5.41) is 4.82. The molecular weight excluding hydrogens is 292 g/mol. The minimum absolute atomic E-state index is 0.0815. The Kier molecular flexibility index (Phi) is 4.61. The maximum absolute atomic E-state index is 12.4. The van der Waals surface area contributed by atoms with E-state index in [4.69, 9.17) is 5.73 Å². The summed E-state index contributed by atoms with van der Waals surface area (Å²) >= 11 is 2.97. The molecule has 0 atom stereocenters. The zero-order valence-electron chi connectivity index (χ0n) is 11.8. The third-order valence-electron chi connectivity index (χ3n) is 2.98. The minimum atomic E-state index is -0.0815. The van der Waals surface area contributed by atoms with Crippen LogP contribution < -0.4 is 10.6 Å². The molecule has 0 aromatic carbocycles. The summed E-state index contributed by atoms with van der Waals surface area (Å²) < 4.78 is 0. The van der Waals surface area contributed by atoms with Gasteiger partial charge in [0.15, 0.2) is 5.13 Å². The highest BCUT2D eigenvalue weighted by Gasteiger charge is 2.21. The Balaban J connectivity index is 2.14. The maximum Gasteiger partial charge on any atom is 0.267 e. The molecule has 2 N–H and O–H groups in total. The molecule has 7 heteroatoms. The number of nitrogens with zero attached hydrogens (tertiary/aromatic N) is 3. The first-order chi connectivity index (χ1) is 9.52. The number of hydrogen-bond acceptors (Lipinski definition) is 6. The summed E-state index contributed by atoms with van der Waals surface area (Å²) in [5.74, 6) is 0.231. The van der Waals surface area contributed by atoms with Gasteiger partial charge in [0.2, 0.25) is 0 Å². The summed E-state index contributed by atoms with van der Waals surface area (Å²) in [7, 11) is 3.71. The van der Waals surface area contributed by atoms with Crippen molar-refractivity contribution in [2.24, 2.45) is 0 Å². The third kappa shape index (κ3) is 3.10. The number of amides is 1. The molecule has 2 aromatic heterocycles. The first-order valence-corrected chi connectivity index (χ1v) is 8.02. The Morgan fingerprint density at radius 3 is 2.80 bits per heavy atom. The molecule has 0 bridgehead atoms. The third-order valence-corrected chi connectivity index (χ3v) is 4.89. The van der Waals surface area contributed by atoms with Gasteiger partial charge < -0.3 is 15.5 Å². The molecule has 0 aliphatic carbocycles. The van der Waals surface area contributed by atoms with E-state index in [-0.39, 0.29) is 5.91 Å². The van der Waals surface area contributed by atoms with Crippen LogP contribution in [0.1, 0.15) is 22.2 Å². The molecule has 1 amide bonds. The molecule has 20 heavy (non-hydrogen) atoms. The Hall–Kier alpha value is -1.60. The van der Waals surface area contributed by atoms with E-state index >= 15 is 0 Å². The van der Waals surface area contributed by atoms with E-state index in [1.165, 1.54) is 11.3 Å². The van der Waals surface area contributed by atoms with Crippen molar-refractivity contribution in [1.29, 1.82) is 0 Å². The van der Waals surface area contributed by atoms with Crippen LogP contribution in [0, 0.1) is 0 Å². The van der Waals surface area contributed by atoms with Crippen molar-refractivity contribution in [3.8, 4) is 0 Å². The van der Waals surface area contributed by atoms with Crippen LogP contribution in [0.4, 0.5) is 10.9 Å². The fourth-order valence-electron chi connectivity index (χ4n) is 1.67. The number of nitrogens with two attached hydrogens (primary N) is 1. The smallest absolute Gasteiger partial charge is 0.267 e. The monoisotopic (exact) mass is 310 g/mol. The fourth-order valence-corrected chi connectivity index (χ4v) is 3.34. The first-order valence-electron chi connectivity index (χ1n) is 6.27. The molecule has 5 nitrogen and oxygen atoms in total. The number of carbonyl (C=O) groups is 1. The van der Waals surface area contributed by atoms with Gasteiger partial charge in [-0.3, -0.25) is 4.79 Å². The molecule has 0 spiro atoms. The average Bonchev–Trinajstić information content (AvgIpc) is 3.06. The van der Waals surface area contributed by atoms with Gasteiger partial charge in [0.1, 0.15) is 10.7 Å². The van der Waals surface area contributed by atoms with E-state index in [2.05, 4.69) is 4.98 Å². The predicted molar refractivity (Wildman–Crippen MR) is 85.6 cm³/mol. The normalized spacial score (nSPS) is 10.6. The van der Waals surface area contributed by atoms with Gasteiger partial charge in [-0.05, 0) is 29.3 Å². The standard InChI is InChI=1S/C13H18N4OS2/c1-4-16(2)13-15-11(14)10(20-13)12(18)17(3)7-9-5-6-19-8-9/h5-6,8H,4,7,14H2,1-3H3. The number of aromatic nitrogens is 1. The SMILES string of the molecule is CCN(C)c1nc(N)c(C(=O)N(C)Cc2ccsc2)s1. The molecule has 108 valence electrons. The van der Waals surface area contributed by atoms with Gasteiger partial charge in [-0.2, -0.15) is 11.3 Å². The van der Waals surface area contributed by atoms with E-state index < -0.39 is 0 Å². The van der Waals surface area contributed by atoms with Crippen molar-refractivity contribution < 1.29 is 4.79 Å². The van der Waals surface area contributed by atoms with Gasteiger partial charge in [-0.1, -0.05) is 11.3 Å². The van der Waals surface area contributed by atoms with Crippen LogP contribution in [0.2, 0.25) is 0 Å². The largest absolute Gasteiger partial charge is 0.382 e. The van der Waals surface area contributed by atoms with Crippen molar-refractivity contribution in [1.82, 2.24) is 9.88 Å². The minimum Gasteiger partial charge on any atom is -0.382 e. The molecule has 0 fully saturated rings. The second kappa shape index (κ2) is 6.23. The average molecular weight is 310 g/mol. The summed E-state index contributed by atoms with van der Waals surface area (Å²) in [6.07, 6.45) is 0. The van der Waals surface area contributed by atoms with E-state index in [9.17, 15) is 4.79 Å². The van der Waals surface area contributed by atoms with Crippen molar-refractivity contribution >= 4 is 39.5 Å². The quantitative estimate of drug-likeness (QED) is 0.922. The maximum atomic E-state index is 12.4. The highest BCUT2D eigenvalue weighted by molar-refractivity contribution is 7.18. The lowest BCUT2D eigenvalue weighted by atomic mass is 10.3. The number of nitrogen functional groups attached to an aromatic ring is 1. The molecule has 0 aliphatic heterocycles. The van der Waals surface area contributed by atoms with Crippen LogP contribution in [0.15, 0.2) is 16.8 Å². The molecule has 0 aliphatic rings. The lowest BCUT2D eigenvalue weighted by Crippen LogP contribution is -2.25. The van der Waals surface area contributed by atoms with Gasteiger partial charge in [-0.25, -0.2) is 4.98 Å². The van der Waals surface area contributed by atoms with Gasteiger partial charge >= 0.3 is 0 Å². The number of thiazole rings is 1. The molecular formula is C13H18N4OS2. The summed E-state index contributed by atoms with van der Waals surface area (Å²) in [5.41, 5.74) is 7.00. The van der Waals surface area contributed by atoms with Crippen LogP contribution in [-0.4, -0.2) is 36.4 Å². The Labute approximate surface area is 126 Å². The molecule has 0 saturated carbocycles. The van der Waals surface area contributed by atoms with Gasteiger partial charge in [-0.15, -0.1) is 0 Å². The summed E-state index contributed by atoms with van der Waals surface area (Å²) in [6, 6.07) is 2.01. The molecule has 0 saturated heterocycles. The van der Waals surface area contributed by atoms with E-state index in [0.717, 1.165) is 17.2 Å². The second-order valence-electron chi connectivity index (χ2n) is 4.52. The van der Waals surface area contributed by atoms with Crippen molar-refractivity contribution in [3.05, 3.63) is 27.3 Å². The molecule has 0 unspecified atom stereocenters. The highest BCUT2D eigenvalue weighted by Crippen LogP contribution is 2.28. The lowest BCUT2D eigenvalue weighted by molar-refractivity contribution is 0.0791. The van der Waals surface area contributed by atoms with E-state index in [1.54, 1.807) is 23.3 Å². The summed E-state index contributed by atoms with van der Waals surface area (Å²) in [6.45, 7) is 3.44. The van der Waals surface area contributed by atoms with Crippen LogP contribution in [0.25, 0.3) is 0 Å². The molecule has 2 rings (SSSR count). The first kappa shape index (κ1) is 14.8. The molecule has 2 heterocycles. The predicted octanol–water partition coefficient (Wildman–Crippen LogP) is 2.52. The van der Waals surface area contributed by atoms with Crippen LogP contribution in [0.5, 0.6) is 0 Å². The Morgan fingerprint density at radius 2 is 2.20 bits per heavy atom. The number of hydrogen-bond donors (Lipinski definition) is 1. The zero-order valence-corrected chi connectivity index (χ0v) is 13.4. The highest BCUT2D eigenvalue weighted by atomic mass is 32.1. The van der Waals surface area contributed by atoms with Crippen molar-refractivity contribution in [3.63, 3.8) is 0 Å². The van der Waals surface area contributed by atoms with Crippen molar-refractivity contribution in [2.75, 3.05) is 31.3 Å². The van der Waals surface area contributed by atoms with Gasteiger partial charge in [0, 0.05) is 27.2 Å². The Morgan fingerprint density at radius 1 is 1.45 bits per heavy atom. The number of anilines is 2.